The summed E-state index contributed by atoms with van der Waals surface area (Å²) in [5.74, 6) is -0.271. The highest BCUT2D eigenvalue weighted by atomic mass is 79.9. The molecule has 2 nitrogen and oxygen atoms in total. The van der Waals surface area contributed by atoms with Gasteiger partial charge in [0.2, 0.25) is 0 Å². The van der Waals surface area contributed by atoms with Crippen molar-refractivity contribution in [1.82, 2.24) is 0 Å². The molecular formula is C25H26BrO2P. The summed E-state index contributed by atoms with van der Waals surface area (Å²) in [5.41, 5.74) is 1.03. The second-order valence-electron chi connectivity index (χ2n) is 6.72. The normalized spacial score (nSPS) is 11.4. The van der Waals surface area contributed by atoms with Crippen LogP contribution in [0.4, 0.5) is 0 Å². The summed E-state index contributed by atoms with van der Waals surface area (Å²) < 4.78 is 5.14. The van der Waals surface area contributed by atoms with Crippen LogP contribution < -0.4 is 32.9 Å². The van der Waals surface area contributed by atoms with E-state index < -0.39 is 7.26 Å². The first-order chi connectivity index (χ1) is 13.7. The van der Waals surface area contributed by atoms with Crippen molar-refractivity contribution in [2.24, 2.45) is 0 Å². The van der Waals surface area contributed by atoms with Crippen LogP contribution in [0.15, 0.2) is 103 Å². The lowest BCUT2D eigenvalue weighted by atomic mass is 10.3. The first-order valence-corrected chi connectivity index (χ1v) is 11.5. The van der Waals surface area contributed by atoms with Gasteiger partial charge in [-0.25, -0.2) is 4.79 Å². The molecule has 0 radical (unpaired) electrons. The topological polar surface area (TPSA) is 26.3 Å². The molecule has 0 saturated heterocycles. The minimum atomic E-state index is -1.96. The summed E-state index contributed by atoms with van der Waals surface area (Å²) in [4.78, 5) is 12.1. The number of ether oxygens (including phenoxy) is 1. The van der Waals surface area contributed by atoms with Gasteiger partial charge < -0.3 is 21.7 Å². The summed E-state index contributed by atoms with van der Waals surface area (Å²) in [7, 11) is -1.96. The zero-order valence-corrected chi connectivity index (χ0v) is 19.3. The van der Waals surface area contributed by atoms with Gasteiger partial charge in [-0.1, -0.05) is 54.6 Å². The fraction of sp³-hybridized carbons (Fsp3) is 0.160. The lowest BCUT2D eigenvalue weighted by Crippen LogP contribution is -3.00. The molecule has 4 heteroatoms. The standard InChI is InChI=1S/C25H26O2P.BrH/c1-3-27-25(26)19-21(2)20-28(22-13-7-4-8-14-22,23-15-9-5-10-16-23)24-17-11-6-12-18-24;/h4-19H,3,20H2,1-2H3;1H/q+1;/p-1/b21-19-;. The van der Waals surface area contributed by atoms with E-state index >= 15 is 0 Å². The Morgan fingerprint density at radius 1 is 0.793 bits per heavy atom. The quantitative estimate of drug-likeness (QED) is 0.298. The van der Waals surface area contributed by atoms with Crippen molar-refractivity contribution in [3.8, 4) is 0 Å². The lowest BCUT2D eigenvalue weighted by molar-refractivity contribution is -0.137. The summed E-state index contributed by atoms with van der Waals surface area (Å²) in [6, 6.07) is 32.0. The Morgan fingerprint density at radius 3 is 1.52 bits per heavy atom. The number of esters is 1. The number of carbonyl (C=O) groups excluding carboxylic acids is 1. The maximum absolute atomic E-state index is 12.1. The third-order valence-electron chi connectivity index (χ3n) is 4.73. The molecule has 29 heavy (non-hydrogen) atoms. The van der Waals surface area contributed by atoms with Crippen LogP contribution in [-0.4, -0.2) is 18.7 Å². The zero-order valence-electron chi connectivity index (χ0n) is 16.8. The van der Waals surface area contributed by atoms with Crippen LogP contribution in [0.5, 0.6) is 0 Å². The van der Waals surface area contributed by atoms with Crippen LogP contribution in [0.25, 0.3) is 0 Å². The molecule has 0 aromatic heterocycles. The second-order valence-corrected chi connectivity index (χ2v) is 10.2. The zero-order chi connectivity index (χ0) is 19.8. The number of halogens is 1. The van der Waals surface area contributed by atoms with Crippen molar-refractivity contribution >= 4 is 29.1 Å². The molecule has 0 atom stereocenters. The smallest absolute Gasteiger partial charge is 0.330 e. The third kappa shape index (κ3) is 5.44. The van der Waals surface area contributed by atoms with Crippen LogP contribution in [-0.2, 0) is 9.53 Å². The van der Waals surface area contributed by atoms with Gasteiger partial charge in [0.25, 0.3) is 0 Å². The molecule has 3 aromatic rings. The molecule has 3 rings (SSSR count). The second kappa shape index (κ2) is 11.1. The van der Waals surface area contributed by atoms with Gasteiger partial charge in [-0.2, -0.15) is 0 Å². The Labute approximate surface area is 184 Å². The molecule has 0 aliphatic carbocycles. The average Bonchev–Trinajstić information content (AvgIpc) is 2.74. The van der Waals surface area contributed by atoms with E-state index in [0.717, 1.165) is 11.7 Å². The van der Waals surface area contributed by atoms with Gasteiger partial charge in [0.15, 0.2) is 0 Å². The number of allylic oxidation sites excluding steroid dienone is 1. The van der Waals surface area contributed by atoms with Gasteiger partial charge >= 0.3 is 5.97 Å². The maximum Gasteiger partial charge on any atom is 0.330 e. The van der Waals surface area contributed by atoms with Crippen molar-refractivity contribution in [3.63, 3.8) is 0 Å². The molecule has 0 saturated carbocycles. The van der Waals surface area contributed by atoms with Crippen LogP contribution in [0.3, 0.4) is 0 Å². The Bertz CT molecular complexity index is 828. The Balaban J connectivity index is 0.00000300. The van der Waals surface area contributed by atoms with Gasteiger partial charge in [0, 0.05) is 6.08 Å². The molecule has 0 N–H and O–H groups in total. The molecule has 3 aromatic carbocycles. The van der Waals surface area contributed by atoms with Crippen LogP contribution in [0.1, 0.15) is 13.8 Å². The predicted octanol–water partition coefficient (Wildman–Crippen LogP) is 1.49. The van der Waals surface area contributed by atoms with Crippen molar-refractivity contribution in [2.45, 2.75) is 13.8 Å². The van der Waals surface area contributed by atoms with E-state index in [0.29, 0.717) is 6.61 Å². The van der Waals surface area contributed by atoms with Crippen LogP contribution >= 0.6 is 7.26 Å². The molecule has 0 spiro atoms. The fourth-order valence-corrected chi connectivity index (χ4v) is 7.90. The molecule has 0 heterocycles. The SMILES string of the molecule is CCOC(=O)/C=C(/C)C[P+](c1ccccc1)(c1ccccc1)c1ccccc1.[Br-]. The number of carbonyl (C=O) groups is 1. The number of hydrogen-bond acceptors (Lipinski definition) is 2. The van der Waals surface area contributed by atoms with Crippen molar-refractivity contribution in [2.75, 3.05) is 12.8 Å². The minimum absolute atomic E-state index is 0. The fourth-order valence-electron chi connectivity index (χ4n) is 3.57. The summed E-state index contributed by atoms with van der Waals surface area (Å²) in [5, 5.41) is 3.93. The van der Waals surface area contributed by atoms with Gasteiger partial charge in [-0.05, 0) is 55.8 Å². The molecule has 0 amide bonds. The number of rotatable bonds is 7. The van der Waals surface area contributed by atoms with Crippen molar-refractivity contribution < 1.29 is 26.5 Å². The number of benzene rings is 3. The average molecular weight is 469 g/mol. The molecule has 0 fully saturated rings. The van der Waals surface area contributed by atoms with E-state index in [2.05, 4.69) is 91.0 Å². The molecule has 0 bridgehead atoms. The van der Waals surface area contributed by atoms with E-state index in [9.17, 15) is 4.79 Å². The van der Waals surface area contributed by atoms with E-state index in [1.807, 2.05) is 13.8 Å². The summed E-state index contributed by atoms with van der Waals surface area (Å²) in [6.07, 6.45) is 2.44. The molecule has 150 valence electrons. The maximum atomic E-state index is 12.1. The Morgan fingerprint density at radius 2 is 1.17 bits per heavy atom. The van der Waals surface area contributed by atoms with Crippen molar-refractivity contribution in [1.29, 1.82) is 0 Å². The van der Waals surface area contributed by atoms with Gasteiger partial charge in [0.05, 0.1) is 12.8 Å². The van der Waals surface area contributed by atoms with E-state index in [-0.39, 0.29) is 23.0 Å². The summed E-state index contributed by atoms with van der Waals surface area (Å²) in [6.45, 7) is 4.25. The highest BCUT2D eigenvalue weighted by Gasteiger charge is 2.45. The Kier molecular flexibility index (Phi) is 8.82. The first-order valence-electron chi connectivity index (χ1n) is 9.55. The molecule has 0 unspecified atom stereocenters. The summed E-state index contributed by atoms with van der Waals surface area (Å²) >= 11 is 0. The lowest BCUT2D eigenvalue weighted by Gasteiger charge is -2.28. The molecular weight excluding hydrogens is 443 g/mol. The highest BCUT2D eigenvalue weighted by molar-refractivity contribution is 7.95. The molecule has 0 aliphatic heterocycles. The third-order valence-corrected chi connectivity index (χ3v) is 9.24. The first kappa shape index (κ1) is 23.1. The van der Waals surface area contributed by atoms with Crippen LogP contribution in [0.2, 0.25) is 0 Å². The number of hydrogen-bond donors (Lipinski definition) is 0. The van der Waals surface area contributed by atoms with E-state index in [4.69, 9.17) is 4.74 Å². The van der Waals surface area contributed by atoms with Gasteiger partial charge in [-0.3, -0.25) is 0 Å². The van der Waals surface area contributed by atoms with Gasteiger partial charge in [0.1, 0.15) is 23.2 Å². The largest absolute Gasteiger partial charge is 1.00 e. The highest BCUT2D eigenvalue weighted by Crippen LogP contribution is 2.56. The van der Waals surface area contributed by atoms with Crippen molar-refractivity contribution in [3.05, 3.63) is 103 Å². The Hall–Kier alpha value is -2.22. The molecule has 0 aliphatic rings. The van der Waals surface area contributed by atoms with Gasteiger partial charge in [-0.15, -0.1) is 0 Å². The van der Waals surface area contributed by atoms with E-state index in [1.54, 1.807) is 6.08 Å². The van der Waals surface area contributed by atoms with E-state index in [1.165, 1.54) is 15.9 Å². The predicted molar refractivity (Wildman–Crippen MR) is 120 cm³/mol. The monoisotopic (exact) mass is 468 g/mol. The minimum Gasteiger partial charge on any atom is -1.00 e. The van der Waals surface area contributed by atoms with Crippen LogP contribution in [0, 0.1) is 0 Å².